The summed E-state index contributed by atoms with van der Waals surface area (Å²) in [4.78, 5) is 20.2. The quantitative estimate of drug-likeness (QED) is 0.251. The third kappa shape index (κ3) is 5.79. The fraction of sp³-hybridized carbons (Fsp3) is 0.296. The number of nitrogens with zero attached hydrogens (tertiary/aromatic N) is 4. The summed E-state index contributed by atoms with van der Waals surface area (Å²) in [6, 6.07) is 10.5. The van der Waals surface area contributed by atoms with Gasteiger partial charge >= 0.3 is 6.18 Å². The maximum Gasteiger partial charge on any atom is 0.416 e. The average Bonchev–Trinajstić information content (AvgIpc) is 3.53. The highest BCUT2D eigenvalue weighted by atomic mass is 32.1. The van der Waals surface area contributed by atoms with Crippen LogP contribution in [-0.4, -0.2) is 52.9 Å². The van der Waals surface area contributed by atoms with Gasteiger partial charge in [0.15, 0.2) is 0 Å². The second kappa shape index (κ2) is 11.1. The minimum Gasteiger partial charge on any atom is -0.379 e. The van der Waals surface area contributed by atoms with Crippen molar-refractivity contribution in [1.82, 2.24) is 19.9 Å². The molecule has 0 atom stereocenters. The number of hydrogen-bond donors (Lipinski definition) is 1. The summed E-state index contributed by atoms with van der Waals surface area (Å²) in [5.41, 5.74) is 5.50. The van der Waals surface area contributed by atoms with E-state index in [1.54, 1.807) is 17.5 Å². The Labute approximate surface area is 221 Å². The van der Waals surface area contributed by atoms with Crippen molar-refractivity contribution in [2.75, 3.05) is 26.3 Å². The van der Waals surface area contributed by atoms with Gasteiger partial charge in [-0.05, 0) is 42.8 Å². The summed E-state index contributed by atoms with van der Waals surface area (Å²) in [5.74, 6) is -0.408. The topological polar surface area (TPSA) is 71.8 Å². The molecule has 1 amide bonds. The Morgan fingerprint density at radius 1 is 1.18 bits per heavy atom. The van der Waals surface area contributed by atoms with Crippen LogP contribution in [-0.2, 0) is 24.0 Å². The van der Waals surface area contributed by atoms with Gasteiger partial charge in [0.1, 0.15) is 5.01 Å². The minimum absolute atomic E-state index is 0.408. The first-order valence-electron chi connectivity index (χ1n) is 12.2. The number of nitrogens with one attached hydrogen (secondary N) is 1. The first kappa shape index (κ1) is 26.1. The Kier molecular flexibility index (Phi) is 7.59. The fourth-order valence-electron chi connectivity index (χ4n) is 4.36. The standard InChI is InChI=1S/C27H26F3N5O2S/c1-2-35-16-23(25(36)33-31-14-18-3-6-20(7-4-18)27(28,29)30)22-13-19(5-8-24(22)35)26-32-21(17-38-26)15-34-9-11-37-12-10-34/h3-8,13-14,16-17H,2,9-12,15H2,1H3,(H,33,36)/b31-14+. The number of amides is 1. The summed E-state index contributed by atoms with van der Waals surface area (Å²) in [6.07, 6.45) is -1.31. The molecule has 4 aromatic rings. The number of benzene rings is 2. The van der Waals surface area contributed by atoms with Gasteiger partial charge < -0.3 is 9.30 Å². The normalized spacial score (nSPS) is 14.9. The van der Waals surface area contributed by atoms with Crippen LogP contribution >= 0.6 is 11.3 Å². The summed E-state index contributed by atoms with van der Waals surface area (Å²) >= 11 is 1.57. The number of carbonyl (C=O) groups is 1. The van der Waals surface area contributed by atoms with Crippen LogP contribution in [0.25, 0.3) is 21.5 Å². The number of halogens is 3. The van der Waals surface area contributed by atoms with Crippen molar-refractivity contribution in [2.24, 2.45) is 5.10 Å². The van der Waals surface area contributed by atoms with Crippen LogP contribution in [0.3, 0.4) is 0 Å². The summed E-state index contributed by atoms with van der Waals surface area (Å²) < 4.78 is 45.7. The van der Waals surface area contributed by atoms with Gasteiger partial charge in [0.25, 0.3) is 5.91 Å². The van der Waals surface area contributed by atoms with Crippen LogP contribution in [0.2, 0.25) is 0 Å². The molecule has 198 valence electrons. The predicted octanol–water partition coefficient (Wildman–Crippen LogP) is 5.40. The molecule has 1 aliphatic heterocycles. The van der Waals surface area contributed by atoms with E-state index in [4.69, 9.17) is 9.72 Å². The summed E-state index contributed by atoms with van der Waals surface area (Å²) in [6.45, 7) is 6.71. The van der Waals surface area contributed by atoms with E-state index in [0.29, 0.717) is 17.7 Å². The van der Waals surface area contributed by atoms with E-state index in [-0.39, 0.29) is 0 Å². The van der Waals surface area contributed by atoms with E-state index in [1.165, 1.54) is 18.3 Å². The average molecular weight is 542 g/mol. The number of aromatic nitrogens is 2. The molecular formula is C27H26F3N5O2S. The molecule has 11 heteroatoms. The predicted molar refractivity (Wildman–Crippen MR) is 141 cm³/mol. The Bertz CT molecular complexity index is 1450. The van der Waals surface area contributed by atoms with Gasteiger partial charge in [-0.15, -0.1) is 11.3 Å². The van der Waals surface area contributed by atoms with Gasteiger partial charge in [-0.1, -0.05) is 12.1 Å². The lowest BCUT2D eigenvalue weighted by Crippen LogP contribution is -2.35. The Morgan fingerprint density at radius 2 is 1.95 bits per heavy atom. The first-order chi connectivity index (χ1) is 18.3. The molecule has 0 saturated carbocycles. The maximum absolute atomic E-state index is 13.0. The van der Waals surface area contributed by atoms with Crippen molar-refractivity contribution in [3.8, 4) is 10.6 Å². The first-order valence-corrected chi connectivity index (χ1v) is 13.1. The van der Waals surface area contributed by atoms with Crippen molar-refractivity contribution in [3.63, 3.8) is 0 Å². The van der Waals surface area contributed by atoms with Gasteiger partial charge in [0.05, 0.1) is 36.2 Å². The molecule has 2 aromatic carbocycles. The Morgan fingerprint density at radius 3 is 2.66 bits per heavy atom. The maximum atomic E-state index is 13.0. The lowest BCUT2D eigenvalue weighted by molar-refractivity contribution is -0.137. The molecule has 0 aliphatic carbocycles. The number of carbonyl (C=O) groups excluding carboxylic acids is 1. The zero-order valence-electron chi connectivity index (χ0n) is 20.7. The number of hydrazone groups is 1. The molecular weight excluding hydrogens is 515 g/mol. The summed E-state index contributed by atoms with van der Waals surface area (Å²) in [5, 5.41) is 7.67. The van der Waals surface area contributed by atoms with Gasteiger partial charge in [0, 0.05) is 54.2 Å². The number of thiazole rings is 1. The van der Waals surface area contributed by atoms with Crippen LogP contribution in [0.1, 0.15) is 34.1 Å². The lowest BCUT2D eigenvalue weighted by Gasteiger charge is -2.25. The molecule has 1 aliphatic rings. The molecule has 7 nitrogen and oxygen atoms in total. The molecule has 0 spiro atoms. The van der Waals surface area contributed by atoms with E-state index < -0.39 is 17.6 Å². The highest BCUT2D eigenvalue weighted by Gasteiger charge is 2.29. The van der Waals surface area contributed by atoms with E-state index in [2.05, 4.69) is 20.8 Å². The van der Waals surface area contributed by atoms with E-state index in [9.17, 15) is 18.0 Å². The second-order valence-electron chi connectivity index (χ2n) is 8.91. The van der Waals surface area contributed by atoms with Gasteiger partial charge in [-0.3, -0.25) is 9.69 Å². The molecule has 3 heterocycles. The molecule has 1 fully saturated rings. The third-order valence-electron chi connectivity index (χ3n) is 6.37. The molecule has 5 rings (SSSR count). The molecule has 2 aromatic heterocycles. The largest absolute Gasteiger partial charge is 0.416 e. The van der Waals surface area contributed by atoms with Crippen molar-refractivity contribution in [3.05, 3.63) is 76.4 Å². The van der Waals surface area contributed by atoms with E-state index in [0.717, 1.165) is 72.1 Å². The second-order valence-corrected chi connectivity index (χ2v) is 9.77. The van der Waals surface area contributed by atoms with Gasteiger partial charge in [0.2, 0.25) is 0 Å². The number of hydrogen-bond acceptors (Lipinski definition) is 6. The molecule has 0 bridgehead atoms. The van der Waals surface area contributed by atoms with E-state index in [1.807, 2.05) is 29.7 Å². The number of rotatable bonds is 7. The number of ether oxygens (including phenoxy) is 1. The molecule has 1 N–H and O–H groups in total. The minimum atomic E-state index is -4.40. The smallest absolute Gasteiger partial charge is 0.379 e. The number of fused-ring (bicyclic) bond motifs is 1. The Balaban J connectivity index is 1.34. The third-order valence-corrected chi connectivity index (χ3v) is 7.31. The summed E-state index contributed by atoms with van der Waals surface area (Å²) in [7, 11) is 0. The van der Waals surface area contributed by atoms with Gasteiger partial charge in [-0.25, -0.2) is 10.4 Å². The van der Waals surface area contributed by atoms with Crippen molar-refractivity contribution in [1.29, 1.82) is 0 Å². The van der Waals surface area contributed by atoms with Crippen molar-refractivity contribution < 1.29 is 22.7 Å². The van der Waals surface area contributed by atoms with Crippen molar-refractivity contribution >= 4 is 34.4 Å². The van der Waals surface area contributed by atoms with E-state index >= 15 is 0 Å². The highest BCUT2D eigenvalue weighted by molar-refractivity contribution is 7.13. The number of alkyl halides is 3. The zero-order chi connectivity index (χ0) is 26.7. The fourth-order valence-corrected chi connectivity index (χ4v) is 5.17. The molecule has 0 unspecified atom stereocenters. The number of aryl methyl sites for hydroxylation is 1. The zero-order valence-corrected chi connectivity index (χ0v) is 21.5. The van der Waals surface area contributed by atoms with Gasteiger partial charge in [-0.2, -0.15) is 18.3 Å². The van der Waals surface area contributed by atoms with Crippen LogP contribution in [0.4, 0.5) is 13.2 Å². The molecule has 1 saturated heterocycles. The SMILES string of the molecule is CCn1cc(C(=O)N/N=C/c2ccc(C(F)(F)F)cc2)c2cc(-c3nc(CN4CCOCC4)cs3)ccc21. The van der Waals surface area contributed by atoms with Crippen LogP contribution in [0.15, 0.2) is 59.1 Å². The van der Waals surface area contributed by atoms with Crippen LogP contribution in [0.5, 0.6) is 0 Å². The molecule has 0 radical (unpaired) electrons. The molecule has 38 heavy (non-hydrogen) atoms. The highest BCUT2D eigenvalue weighted by Crippen LogP contribution is 2.31. The number of morpholine rings is 1. The van der Waals surface area contributed by atoms with Crippen LogP contribution in [0, 0.1) is 0 Å². The Hall–Kier alpha value is -3.54. The monoisotopic (exact) mass is 541 g/mol. The lowest BCUT2D eigenvalue weighted by atomic mass is 10.1. The van der Waals surface area contributed by atoms with Crippen LogP contribution < -0.4 is 5.43 Å². The van der Waals surface area contributed by atoms with Crippen molar-refractivity contribution in [2.45, 2.75) is 26.2 Å².